The maximum absolute atomic E-state index is 11.9. The molecule has 0 aliphatic carbocycles. The Hall–Kier alpha value is -1.81. The molecule has 1 aromatic carbocycles. The number of carbonyl (C=O) groups is 1. The number of ether oxygens (including phenoxy) is 1. The molecule has 0 bridgehead atoms. The predicted molar refractivity (Wildman–Crippen MR) is 66.0 cm³/mol. The number of nitrogens with zero attached hydrogens (tertiary/aromatic N) is 1. The molecule has 1 amide bonds. The van der Waals surface area contributed by atoms with Crippen LogP contribution in [0.15, 0.2) is 42.5 Å². The first-order valence-electron chi connectivity index (χ1n) is 5.74. The van der Waals surface area contributed by atoms with Crippen LogP contribution in [-0.4, -0.2) is 37.2 Å². The smallest absolute Gasteiger partial charge is 0.410 e. The molecule has 0 radical (unpaired) electrons. The van der Waals surface area contributed by atoms with E-state index in [9.17, 15) is 4.79 Å². The van der Waals surface area contributed by atoms with Gasteiger partial charge in [0.15, 0.2) is 0 Å². The molecule has 90 valence electrons. The van der Waals surface area contributed by atoms with Gasteiger partial charge in [-0.25, -0.2) is 4.79 Å². The van der Waals surface area contributed by atoms with Crippen molar-refractivity contribution < 1.29 is 9.53 Å². The van der Waals surface area contributed by atoms with E-state index in [-0.39, 0.29) is 6.09 Å². The molecule has 1 aliphatic heterocycles. The van der Waals surface area contributed by atoms with Crippen molar-refractivity contribution in [1.29, 1.82) is 0 Å². The molecule has 0 aromatic heterocycles. The van der Waals surface area contributed by atoms with Crippen molar-refractivity contribution in [3.63, 3.8) is 0 Å². The molecule has 0 fully saturated rings. The lowest BCUT2D eigenvalue weighted by molar-refractivity contribution is 0.157. The van der Waals surface area contributed by atoms with Gasteiger partial charge in [-0.2, -0.15) is 0 Å². The molecular formula is C13H16N2O2. The largest absolute Gasteiger partial charge is 0.415 e. The van der Waals surface area contributed by atoms with Crippen LogP contribution in [0, 0.1) is 0 Å². The Bertz CT molecular complexity index is 390. The second kappa shape index (κ2) is 6.06. The van der Waals surface area contributed by atoms with Gasteiger partial charge in [0.2, 0.25) is 0 Å². The summed E-state index contributed by atoms with van der Waals surface area (Å²) in [4.78, 5) is 13.6. The highest BCUT2D eigenvalue weighted by Gasteiger charge is 2.14. The van der Waals surface area contributed by atoms with Crippen LogP contribution in [0.3, 0.4) is 0 Å². The molecule has 0 saturated heterocycles. The Morgan fingerprint density at radius 2 is 2.06 bits per heavy atom. The van der Waals surface area contributed by atoms with E-state index in [1.165, 1.54) is 0 Å². The first kappa shape index (κ1) is 11.7. The van der Waals surface area contributed by atoms with Crippen molar-refractivity contribution in [3.8, 4) is 5.75 Å². The highest BCUT2D eigenvalue weighted by atomic mass is 16.6. The van der Waals surface area contributed by atoms with Gasteiger partial charge >= 0.3 is 6.09 Å². The molecule has 1 aliphatic rings. The summed E-state index contributed by atoms with van der Waals surface area (Å²) in [6, 6.07) is 9.13. The number of hydrogen-bond acceptors (Lipinski definition) is 3. The number of rotatable bonds is 1. The molecule has 0 spiro atoms. The average Bonchev–Trinajstić information content (AvgIpc) is 2.29. The van der Waals surface area contributed by atoms with Gasteiger partial charge in [0.05, 0.1) is 0 Å². The van der Waals surface area contributed by atoms with Crippen molar-refractivity contribution in [2.45, 2.75) is 0 Å². The minimum atomic E-state index is -0.301. The highest BCUT2D eigenvalue weighted by molar-refractivity contribution is 5.70. The van der Waals surface area contributed by atoms with Crippen LogP contribution in [0.25, 0.3) is 0 Å². The first-order valence-corrected chi connectivity index (χ1v) is 5.74. The van der Waals surface area contributed by atoms with Gasteiger partial charge in [-0.15, -0.1) is 0 Å². The zero-order valence-electron chi connectivity index (χ0n) is 9.63. The second-order valence-corrected chi connectivity index (χ2v) is 3.80. The topological polar surface area (TPSA) is 41.6 Å². The van der Waals surface area contributed by atoms with Crippen molar-refractivity contribution in [2.24, 2.45) is 0 Å². The summed E-state index contributed by atoms with van der Waals surface area (Å²) in [5.41, 5.74) is 0. The third-order valence-electron chi connectivity index (χ3n) is 2.52. The Balaban J connectivity index is 1.94. The quantitative estimate of drug-likeness (QED) is 0.748. The van der Waals surface area contributed by atoms with Crippen molar-refractivity contribution >= 4 is 6.09 Å². The van der Waals surface area contributed by atoms with E-state index in [4.69, 9.17) is 4.74 Å². The second-order valence-electron chi connectivity index (χ2n) is 3.80. The Labute approximate surface area is 101 Å². The van der Waals surface area contributed by atoms with Crippen LogP contribution < -0.4 is 10.1 Å². The van der Waals surface area contributed by atoms with E-state index in [2.05, 4.69) is 5.32 Å². The van der Waals surface area contributed by atoms with E-state index in [1.54, 1.807) is 17.0 Å². The van der Waals surface area contributed by atoms with E-state index < -0.39 is 0 Å². The van der Waals surface area contributed by atoms with Crippen LogP contribution >= 0.6 is 0 Å². The number of nitrogens with one attached hydrogen (secondary N) is 1. The summed E-state index contributed by atoms with van der Waals surface area (Å²) < 4.78 is 5.28. The van der Waals surface area contributed by atoms with Gasteiger partial charge in [0, 0.05) is 26.2 Å². The normalized spacial score (nSPS) is 16.1. The van der Waals surface area contributed by atoms with E-state index >= 15 is 0 Å². The summed E-state index contributed by atoms with van der Waals surface area (Å²) in [7, 11) is 0. The summed E-state index contributed by atoms with van der Waals surface area (Å²) in [5.74, 6) is 0.580. The Kier molecular flexibility index (Phi) is 4.16. The van der Waals surface area contributed by atoms with Gasteiger partial charge in [-0.3, -0.25) is 0 Å². The maximum Gasteiger partial charge on any atom is 0.415 e. The number of benzene rings is 1. The molecule has 1 aromatic rings. The van der Waals surface area contributed by atoms with E-state index in [0.29, 0.717) is 18.8 Å². The zero-order chi connectivity index (χ0) is 11.9. The molecule has 0 atom stereocenters. The van der Waals surface area contributed by atoms with Gasteiger partial charge in [-0.05, 0) is 12.1 Å². The lowest BCUT2D eigenvalue weighted by Gasteiger charge is -2.22. The Morgan fingerprint density at radius 3 is 2.88 bits per heavy atom. The molecule has 17 heavy (non-hydrogen) atoms. The van der Waals surface area contributed by atoms with Gasteiger partial charge in [0.25, 0.3) is 0 Å². The number of amides is 1. The SMILES string of the molecule is O=C(Oc1ccccc1)N1CC=CCNCC1. The Morgan fingerprint density at radius 1 is 1.24 bits per heavy atom. The molecule has 0 saturated carbocycles. The van der Waals surface area contributed by atoms with Crippen LogP contribution in [0.2, 0.25) is 0 Å². The molecule has 4 nitrogen and oxygen atoms in total. The standard InChI is InChI=1S/C13H16N2O2/c16-13(17-12-6-2-1-3-7-12)15-10-5-4-8-14-9-11-15/h1-7,14H,8-11H2. The first-order chi connectivity index (χ1) is 8.36. The fraction of sp³-hybridized carbons (Fsp3) is 0.308. The predicted octanol–water partition coefficient (Wildman–Crippen LogP) is 1.65. The van der Waals surface area contributed by atoms with Crippen LogP contribution in [0.4, 0.5) is 4.79 Å². The van der Waals surface area contributed by atoms with Crippen LogP contribution in [0.5, 0.6) is 5.75 Å². The van der Waals surface area contributed by atoms with Crippen molar-refractivity contribution in [2.75, 3.05) is 26.2 Å². The molecule has 0 unspecified atom stereocenters. The van der Waals surface area contributed by atoms with E-state index in [0.717, 1.165) is 13.1 Å². The summed E-state index contributed by atoms with van der Waals surface area (Å²) >= 11 is 0. The third-order valence-corrected chi connectivity index (χ3v) is 2.52. The molecule has 2 rings (SSSR count). The lowest BCUT2D eigenvalue weighted by Crippen LogP contribution is -2.40. The molecular weight excluding hydrogens is 216 g/mol. The molecule has 1 N–H and O–H groups in total. The lowest BCUT2D eigenvalue weighted by atomic mass is 10.3. The fourth-order valence-corrected chi connectivity index (χ4v) is 1.60. The van der Waals surface area contributed by atoms with E-state index in [1.807, 2.05) is 30.4 Å². The fourth-order valence-electron chi connectivity index (χ4n) is 1.60. The molecule has 1 heterocycles. The minimum absolute atomic E-state index is 0.301. The molecule has 4 heteroatoms. The van der Waals surface area contributed by atoms with Gasteiger partial charge < -0.3 is 15.0 Å². The average molecular weight is 232 g/mol. The number of carbonyl (C=O) groups excluding carboxylic acids is 1. The van der Waals surface area contributed by atoms with Gasteiger partial charge in [0.1, 0.15) is 5.75 Å². The van der Waals surface area contributed by atoms with Gasteiger partial charge in [-0.1, -0.05) is 30.4 Å². The monoisotopic (exact) mass is 232 g/mol. The zero-order valence-corrected chi connectivity index (χ0v) is 9.63. The minimum Gasteiger partial charge on any atom is -0.410 e. The third kappa shape index (κ3) is 3.60. The summed E-state index contributed by atoms with van der Waals surface area (Å²) in [6.45, 7) is 2.92. The maximum atomic E-state index is 11.9. The highest BCUT2D eigenvalue weighted by Crippen LogP contribution is 2.10. The number of para-hydroxylation sites is 1. The van der Waals surface area contributed by atoms with Crippen LogP contribution in [-0.2, 0) is 0 Å². The van der Waals surface area contributed by atoms with Crippen molar-refractivity contribution in [3.05, 3.63) is 42.5 Å². The van der Waals surface area contributed by atoms with Crippen molar-refractivity contribution in [1.82, 2.24) is 10.2 Å². The number of hydrogen-bond donors (Lipinski definition) is 1. The summed E-state index contributed by atoms with van der Waals surface area (Å²) in [5, 5.41) is 3.20. The summed E-state index contributed by atoms with van der Waals surface area (Å²) in [6.07, 6.45) is 3.69. The van der Waals surface area contributed by atoms with Crippen LogP contribution in [0.1, 0.15) is 0 Å².